The van der Waals surface area contributed by atoms with Gasteiger partial charge in [0.15, 0.2) is 0 Å². The van der Waals surface area contributed by atoms with Crippen molar-refractivity contribution in [3.63, 3.8) is 0 Å². The van der Waals surface area contributed by atoms with E-state index in [0.717, 1.165) is 51.1 Å². The van der Waals surface area contributed by atoms with Crippen molar-refractivity contribution in [1.82, 2.24) is 35.5 Å². The number of hydrogen-bond donors (Lipinski definition) is 4. The molecule has 7 rings (SSSR count). The van der Waals surface area contributed by atoms with Crippen molar-refractivity contribution in [3.05, 3.63) is 71.5 Å². The Balaban J connectivity index is 1.35. The van der Waals surface area contributed by atoms with Crippen molar-refractivity contribution in [2.75, 3.05) is 40.4 Å². The van der Waals surface area contributed by atoms with Gasteiger partial charge in [-0.25, -0.2) is 5.43 Å². The third-order valence-electron chi connectivity index (χ3n) is 12.8. The highest BCUT2D eigenvalue weighted by Gasteiger charge is 2.39. The zero-order valence-corrected chi connectivity index (χ0v) is 37.4. The second kappa shape index (κ2) is 18.6. The maximum Gasteiger partial charge on any atom is 0.324 e. The number of amides is 3. The number of phenolic OH excluding ortho intramolecular Hbond substituents is 1. The lowest BCUT2D eigenvalue weighted by Crippen LogP contribution is -2.62. The highest BCUT2D eigenvalue weighted by molar-refractivity contribution is 5.96. The van der Waals surface area contributed by atoms with Gasteiger partial charge in [0, 0.05) is 68.3 Å². The molecule has 6 bridgehead atoms. The number of cyclic esters (lactones) is 1. The van der Waals surface area contributed by atoms with E-state index >= 15 is 0 Å². The largest absolute Gasteiger partial charge is 0.508 e. The summed E-state index contributed by atoms with van der Waals surface area (Å²) in [6, 6.07) is 12.8. The van der Waals surface area contributed by atoms with Crippen LogP contribution in [0.25, 0.3) is 33.3 Å². The molecule has 3 aliphatic rings. The van der Waals surface area contributed by atoms with Gasteiger partial charge in [-0.1, -0.05) is 39.8 Å². The molecule has 1 unspecified atom stereocenters. The number of aromatic hydroxyl groups is 1. The summed E-state index contributed by atoms with van der Waals surface area (Å²) in [5.74, 6) is -1.94. The molecule has 2 aromatic carbocycles. The number of methoxy groups -OCH3 is 1. The molecule has 5 heterocycles. The van der Waals surface area contributed by atoms with Crippen molar-refractivity contribution >= 4 is 34.6 Å². The van der Waals surface area contributed by atoms with Gasteiger partial charge in [0.05, 0.1) is 30.0 Å². The molecular weight excluding hydrogens is 787 g/mol. The molecule has 4 aromatic rings. The van der Waals surface area contributed by atoms with Crippen molar-refractivity contribution in [1.29, 1.82) is 0 Å². The summed E-state index contributed by atoms with van der Waals surface area (Å²) in [5.41, 5.74) is 9.72. The van der Waals surface area contributed by atoms with Crippen LogP contribution in [0.4, 0.5) is 0 Å². The van der Waals surface area contributed by atoms with E-state index < -0.39 is 41.3 Å². The van der Waals surface area contributed by atoms with Crippen LogP contribution >= 0.6 is 0 Å². The number of ether oxygens (including phenoxy) is 2. The highest BCUT2D eigenvalue weighted by atomic mass is 16.5. The van der Waals surface area contributed by atoms with E-state index in [-0.39, 0.29) is 42.6 Å². The Morgan fingerprint density at radius 2 is 1.89 bits per heavy atom. The number of nitrogens with one attached hydrogen (secondary N) is 3. The first-order valence-electron chi connectivity index (χ1n) is 22.1. The number of aromatic nitrogens is 2. The molecule has 3 amide bonds. The van der Waals surface area contributed by atoms with E-state index in [1.54, 1.807) is 32.5 Å². The number of phenols is 1. The summed E-state index contributed by atoms with van der Waals surface area (Å²) in [5, 5.41) is 20.0. The molecule has 2 saturated heterocycles. The van der Waals surface area contributed by atoms with Gasteiger partial charge in [0.25, 0.3) is 5.91 Å². The van der Waals surface area contributed by atoms with Crippen LogP contribution < -0.4 is 16.1 Å². The monoisotopic (exact) mass is 849 g/mol. The second-order valence-electron chi connectivity index (χ2n) is 18.4. The number of pyridine rings is 1. The number of hydrogen-bond acceptors (Lipinski definition) is 10. The Morgan fingerprint density at radius 3 is 2.60 bits per heavy atom. The molecule has 2 aromatic heterocycles. The average Bonchev–Trinajstić information content (AvgIpc) is 3.90. The number of esters is 1. The van der Waals surface area contributed by atoms with Crippen LogP contribution in [0.1, 0.15) is 83.7 Å². The van der Waals surface area contributed by atoms with Gasteiger partial charge in [0.1, 0.15) is 23.9 Å². The third-order valence-corrected chi connectivity index (χ3v) is 12.8. The summed E-state index contributed by atoms with van der Waals surface area (Å²) >= 11 is 0. The zero-order valence-electron chi connectivity index (χ0n) is 37.4. The minimum absolute atomic E-state index is 0.0146. The minimum Gasteiger partial charge on any atom is -0.508 e. The van der Waals surface area contributed by atoms with Crippen LogP contribution in [0.15, 0.2) is 54.7 Å². The smallest absolute Gasteiger partial charge is 0.324 e. The molecule has 4 N–H and O–H groups in total. The van der Waals surface area contributed by atoms with E-state index in [2.05, 4.69) is 59.6 Å². The molecule has 62 heavy (non-hydrogen) atoms. The summed E-state index contributed by atoms with van der Waals surface area (Å²) in [4.78, 5) is 62.7. The Hall–Kier alpha value is -5.31. The van der Waals surface area contributed by atoms with Gasteiger partial charge in [0.2, 0.25) is 11.8 Å². The molecule has 0 radical (unpaired) electrons. The predicted octanol–water partition coefficient (Wildman–Crippen LogP) is 5.54. The van der Waals surface area contributed by atoms with Crippen LogP contribution in [-0.4, -0.2) is 107 Å². The number of hydrazine groups is 1. The van der Waals surface area contributed by atoms with E-state index in [9.17, 15) is 24.3 Å². The quantitative estimate of drug-likeness (QED) is 0.157. The maximum atomic E-state index is 14.6. The first-order chi connectivity index (χ1) is 29.6. The molecule has 14 nitrogen and oxygen atoms in total. The maximum absolute atomic E-state index is 14.6. The van der Waals surface area contributed by atoms with Crippen LogP contribution in [0.3, 0.4) is 0 Å². The summed E-state index contributed by atoms with van der Waals surface area (Å²) in [7, 11) is 3.33. The molecule has 5 atom stereocenters. The summed E-state index contributed by atoms with van der Waals surface area (Å²) in [6.07, 6.45) is 3.80. The van der Waals surface area contributed by atoms with Gasteiger partial charge < -0.3 is 34.7 Å². The van der Waals surface area contributed by atoms with Crippen LogP contribution in [0.5, 0.6) is 5.75 Å². The number of rotatable bonds is 9. The van der Waals surface area contributed by atoms with Crippen molar-refractivity contribution < 1.29 is 33.8 Å². The van der Waals surface area contributed by atoms with Crippen LogP contribution in [-0.2, 0) is 48.0 Å². The normalized spacial score (nSPS) is 21.6. The molecular formula is C48H63N7O7. The number of benzene rings is 2. The number of fused-ring (bicyclic) bond motifs is 6. The fourth-order valence-corrected chi connectivity index (χ4v) is 9.54. The third kappa shape index (κ3) is 9.23. The highest BCUT2D eigenvalue weighted by Crippen LogP contribution is 2.42. The Labute approximate surface area is 364 Å². The standard InChI is InChI=1S/C48H63N7O7/c1-9-54-40-15-14-31-24-36(40)37(43(54)35-12-10-17-50-41(35)29(4)61-8)25-48(5,6)27-62-47(60)38-13-11-19-55(52-38)46(59)39(22-30-20-33(31)23-34(56)21-30)51-44(57)42(28(2)3)53(7)45(58)32-16-18-49-26-32/h10,12,14-15,17,20-21,23-24,28-29,32,38-39,42,49,52,56H,9,11,13,16,18-19,22,25-27H2,1-8H3,(H,51,57)/t29-,32+,38-,39-,42?/m0/s1. The van der Waals surface area contributed by atoms with Gasteiger partial charge in [-0.05, 0) is 111 Å². The van der Waals surface area contributed by atoms with Crippen molar-refractivity contribution in [2.24, 2.45) is 17.3 Å². The lowest BCUT2D eigenvalue weighted by atomic mass is 9.84. The molecule has 332 valence electrons. The number of nitrogens with zero attached hydrogens (tertiary/aromatic N) is 4. The fraction of sp³-hybridized carbons (Fsp3) is 0.521. The second-order valence-corrected chi connectivity index (χ2v) is 18.4. The molecule has 0 aliphatic carbocycles. The van der Waals surface area contributed by atoms with Gasteiger partial charge in [-0.2, -0.15) is 0 Å². The molecule has 0 spiro atoms. The lowest BCUT2D eigenvalue weighted by molar-refractivity contribution is -0.155. The first-order valence-corrected chi connectivity index (χ1v) is 22.1. The summed E-state index contributed by atoms with van der Waals surface area (Å²) in [6.45, 7) is 14.4. The molecule has 0 saturated carbocycles. The van der Waals surface area contributed by atoms with E-state index in [1.807, 2.05) is 39.0 Å². The van der Waals surface area contributed by atoms with E-state index in [4.69, 9.17) is 14.5 Å². The average molecular weight is 850 g/mol. The predicted molar refractivity (Wildman–Crippen MR) is 238 cm³/mol. The van der Waals surface area contributed by atoms with Gasteiger partial charge in [-0.15, -0.1) is 0 Å². The number of likely N-dealkylation sites (N-methyl/N-ethyl adjacent to an activating group) is 1. The fourth-order valence-electron chi connectivity index (χ4n) is 9.54. The number of carbonyl (C=O) groups excluding carboxylic acids is 4. The SMILES string of the molecule is CCn1c(-c2cccnc2[C@H](C)OC)c2c3cc(ccc31)-c1cc(O)cc(c1)C[C@H](NC(=O)C(C(C)C)N(C)C(=O)[C@@H]1CCNC1)C(=O)N1CCC[C@H](N1)C(=O)OCC(C)(C)C2. The Morgan fingerprint density at radius 1 is 1.10 bits per heavy atom. The molecule has 3 aliphatic heterocycles. The minimum atomic E-state index is -1.10. The lowest BCUT2D eigenvalue weighted by Gasteiger charge is -2.37. The Kier molecular flexibility index (Phi) is 13.4. The zero-order chi connectivity index (χ0) is 44.5. The topological polar surface area (TPSA) is 167 Å². The summed E-state index contributed by atoms with van der Waals surface area (Å²) < 4.78 is 14.2. The van der Waals surface area contributed by atoms with Crippen LogP contribution in [0.2, 0.25) is 0 Å². The molecule has 14 heteroatoms. The van der Waals surface area contributed by atoms with Crippen molar-refractivity contribution in [2.45, 2.75) is 104 Å². The van der Waals surface area contributed by atoms with Crippen LogP contribution in [0, 0.1) is 17.3 Å². The van der Waals surface area contributed by atoms with E-state index in [0.29, 0.717) is 50.9 Å². The number of carbonyl (C=O) groups is 4. The number of aryl methyl sites for hydroxylation is 1. The van der Waals surface area contributed by atoms with Gasteiger partial charge in [-0.3, -0.25) is 29.2 Å². The Bertz CT molecular complexity index is 2320. The van der Waals surface area contributed by atoms with Gasteiger partial charge >= 0.3 is 5.97 Å². The first kappa shape index (κ1) is 44.7. The van der Waals surface area contributed by atoms with E-state index in [1.165, 1.54) is 9.91 Å². The van der Waals surface area contributed by atoms with Crippen molar-refractivity contribution in [3.8, 4) is 28.1 Å². The molecule has 2 fully saturated rings.